The minimum absolute atomic E-state index is 0.00717. The highest BCUT2D eigenvalue weighted by atomic mass is 32.2. The zero-order valence-corrected chi connectivity index (χ0v) is 12.8. The van der Waals surface area contributed by atoms with E-state index in [2.05, 4.69) is 15.4 Å². The van der Waals surface area contributed by atoms with E-state index in [4.69, 9.17) is 10.4 Å². The fraction of sp³-hybridized carbons (Fsp3) is 0.231. The van der Waals surface area contributed by atoms with Gasteiger partial charge in [0.2, 0.25) is 15.9 Å². The van der Waals surface area contributed by atoms with E-state index in [0.717, 1.165) is 5.56 Å². The van der Waals surface area contributed by atoms with Crippen molar-refractivity contribution in [3.05, 3.63) is 42.0 Å². The number of aromatic nitrogens is 3. The number of benzene rings is 1. The summed E-state index contributed by atoms with van der Waals surface area (Å²) in [5.41, 5.74) is 0.866. The largest absolute Gasteiger partial charge is 0.354 e. The van der Waals surface area contributed by atoms with E-state index in [-0.39, 0.29) is 23.2 Å². The van der Waals surface area contributed by atoms with Crippen LogP contribution in [-0.4, -0.2) is 35.6 Å². The number of primary sulfonamides is 1. The molecule has 0 unspecified atom stereocenters. The lowest BCUT2D eigenvalue weighted by Gasteiger charge is -2.06. The predicted octanol–water partition coefficient (Wildman–Crippen LogP) is -0.844. The van der Waals surface area contributed by atoms with E-state index in [0.29, 0.717) is 13.0 Å². The molecule has 0 aliphatic heterocycles. The monoisotopic (exact) mass is 334 g/mol. The summed E-state index contributed by atoms with van der Waals surface area (Å²) in [5, 5.41) is 20.1. The molecular weight excluding hydrogens is 320 g/mol. The maximum absolute atomic E-state index is 11.7. The lowest BCUT2D eigenvalue weighted by molar-refractivity contribution is -0.121. The van der Waals surface area contributed by atoms with Crippen molar-refractivity contribution in [1.29, 1.82) is 5.26 Å². The molecule has 0 saturated heterocycles. The third kappa shape index (κ3) is 4.87. The van der Waals surface area contributed by atoms with Gasteiger partial charge in [-0.15, -0.1) is 5.10 Å². The van der Waals surface area contributed by atoms with Crippen molar-refractivity contribution in [3.8, 4) is 6.07 Å². The van der Waals surface area contributed by atoms with Gasteiger partial charge in [0.25, 0.3) is 5.82 Å². The standard InChI is InChI=1S/C13H14N6O3S/c14-7-12-17-9-19(18-12)8-13(20)16-6-5-10-1-3-11(4-2-10)23(15,21)22/h1-4,9H,5-6,8H2,(H,16,20)(H2,15,21,22). The molecule has 0 aliphatic rings. The van der Waals surface area contributed by atoms with Crippen molar-refractivity contribution in [1.82, 2.24) is 20.1 Å². The Hall–Kier alpha value is -2.77. The van der Waals surface area contributed by atoms with Crippen LogP contribution in [0.3, 0.4) is 0 Å². The van der Waals surface area contributed by atoms with E-state index in [9.17, 15) is 13.2 Å². The minimum Gasteiger partial charge on any atom is -0.354 e. The molecule has 120 valence electrons. The average molecular weight is 334 g/mol. The molecule has 0 spiro atoms. The number of carbonyl (C=O) groups is 1. The number of nitrogens with zero attached hydrogens (tertiary/aromatic N) is 4. The lowest BCUT2D eigenvalue weighted by atomic mass is 10.1. The van der Waals surface area contributed by atoms with Crippen molar-refractivity contribution in [2.24, 2.45) is 5.14 Å². The summed E-state index contributed by atoms with van der Waals surface area (Å²) < 4.78 is 23.5. The summed E-state index contributed by atoms with van der Waals surface area (Å²) in [5.74, 6) is -0.256. The Kier molecular flexibility index (Phi) is 5.05. The molecule has 1 aromatic heterocycles. The number of rotatable bonds is 6. The normalized spacial score (nSPS) is 11.0. The fourth-order valence-corrected chi connectivity index (χ4v) is 2.33. The SMILES string of the molecule is N#Cc1ncn(CC(=O)NCCc2ccc(S(N)(=O)=O)cc2)n1. The zero-order valence-electron chi connectivity index (χ0n) is 12.0. The number of hydrogen-bond acceptors (Lipinski definition) is 6. The van der Waals surface area contributed by atoms with E-state index < -0.39 is 10.0 Å². The molecule has 0 radical (unpaired) electrons. The van der Waals surface area contributed by atoms with Crippen LogP contribution < -0.4 is 10.5 Å². The van der Waals surface area contributed by atoms with Gasteiger partial charge in [0.15, 0.2) is 0 Å². The zero-order chi connectivity index (χ0) is 16.9. The summed E-state index contributed by atoms with van der Waals surface area (Å²) in [6.45, 7) is 0.354. The highest BCUT2D eigenvalue weighted by Gasteiger charge is 2.07. The van der Waals surface area contributed by atoms with Crippen LogP contribution in [0.2, 0.25) is 0 Å². The smallest absolute Gasteiger partial charge is 0.252 e. The van der Waals surface area contributed by atoms with Crippen LogP contribution in [0, 0.1) is 11.3 Å². The summed E-state index contributed by atoms with van der Waals surface area (Å²) in [4.78, 5) is 15.4. The predicted molar refractivity (Wildman–Crippen MR) is 79.3 cm³/mol. The van der Waals surface area contributed by atoms with Crippen molar-refractivity contribution >= 4 is 15.9 Å². The maximum Gasteiger partial charge on any atom is 0.252 e. The number of hydrogen-bond donors (Lipinski definition) is 2. The second kappa shape index (κ2) is 6.99. The Balaban J connectivity index is 1.80. The first-order valence-corrected chi connectivity index (χ1v) is 8.11. The van der Waals surface area contributed by atoms with Crippen LogP contribution in [0.5, 0.6) is 0 Å². The minimum atomic E-state index is -3.70. The van der Waals surface area contributed by atoms with Crippen molar-refractivity contribution in [2.45, 2.75) is 17.9 Å². The number of nitrogens with one attached hydrogen (secondary N) is 1. The van der Waals surface area contributed by atoms with Gasteiger partial charge in [-0.2, -0.15) is 5.26 Å². The van der Waals surface area contributed by atoms with Crippen molar-refractivity contribution in [3.63, 3.8) is 0 Å². The highest BCUT2D eigenvalue weighted by molar-refractivity contribution is 7.89. The highest BCUT2D eigenvalue weighted by Crippen LogP contribution is 2.08. The van der Waals surface area contributed by atoms with Gasteiger partial charge in [-0.1, -0.05) is 12.1 Å². The molecule has 0 saturated carbocycles. The number of amides is 1. The first-order chi connectivity index (χ1) is 10.9. The molecule has 10 heteroatoms. The average Bonchev–Trinajstić information content (AvgIpc) is 2.94. The summed E-state index contributed by atoms with van der Waals surface area (Å²) in [7, 11) is -3.70. The fourth-order valence-electron chi connectivity index (χ4n) is 1.82. The molecule has 0 atom stereocenters. The Labute approximate surface area is 132 Å². The molecule has 2 aromatic rings. The van der Waals surface area contributed by atoms with E-state index in [1.165, 1.54) is 23.1 Å². The Bertz CT molecular complexity index is 835. The molecule has 9 nitrogen and oxygen atoms in total. The number of sulfonamides is 1. The van der Waals surface area contributed by atoms with Crippen LogP contribution >= 0.6 is 0 Å². The molecule has 0 fully saturated rings. The number of nitriles is 1. The Morgan fingerprint density at radius 1 is 1.35 bits per heavy atom. The summed E-state index contributed by atoms with van der Waals surface area (Å²) in [6.07, 6.45) is 1.85. The van der Waals surface area contributed by atoms with Crippen molar-refractivity contribution < 1.29 is 13.2 Å². The maximum atomic E-state index is 11.7. The Morgan fingerprint density at radius 3 is 2.61 bits per heavy atom. The topological polar surface area (TPSA) is 144 Å². The van der Waals surface area contributed by atoms with E-state index in [1.54, 1.807) is 18.2 Å². The van der Waals surface area contributed by atoms with Gasteiger partial charge in [0.1, 0.15) is 18.9 Å². The molecule has 1 amide bonds. The third-order valence-corrected chi connectivity index (χ3v) is 3.86. The number of carbonyl (C=O) groups excluding carboxylic acids is 1. The quantitative estimate of drug-likeness (QED) is 0.704. The molecule has 2 rings (SSSR count). The molecule has 3 N–H and O–H groups in total. The first kappa shape index (κ1) is 16.6. The molecule has 0 bridgehead atoms. The first-order valence-electron chi connectivity index (χ1n) is 6.56. The van der Waals surface area contributed by atoms with Crippen LogP contribution in [0.15, 0.2) is 35.5 Å². The summed E-state index contributed by atoms with van der Waals surface area (Å²) in [6, 6.07) is 7.90. The van der Waals surface area contributed by atoms with Gasteiger partial charge < -0.3 is 5.32 Å². The third-order valence-electron chi connectivity index (χ3n) is 2.93. The second-order valence-electron chi connectivity index (χ2n) is 4.67. The van der Waals surface area contributed by atoms with Gasteiger partial charge in [0, 0.05) is 6.54 Å². The molecule has 23 heavy (non-hydrogen) atoms. The van der Waals surface area contributed by atoms with Crippen molar-refractivity contribution in [2.75, 3.05) is 6.54 Å². The molecular formula is C13H14N6O3S. The Morgan fingerprint density at radius 2 is 2.04 bits per heavy atom. The van der Waals surface area contributed by atoms with Crippen LogP contribution in [0.1, 0.15) is 11.4 Å². The van der Waals surface area contributed by atoms with Gasteiger partial charge >= 0.3 is 0 Å². The van der Waals surface area contributed by atoms with Gasteiger partial charge in [0.05, 0.1) is 4.90 Å². The molecule has 1 heterocycles. The summed E-state index contributed by atoms with van der Waals surface area (Å²) >= 11 is 0. The van der Waals surface area contributed by atoms with E-state index >= 15 is 0 Å². The van der Waals surface area contributed by atoms with Gasteiger partial charge in [-0.05, 0) is 24.1 Å². The van der Waals surface area contributed by atoms with Gasteiger partial charge in [-0.3, -0.25) is 4.79 Å². The second-order valence-corrected chi connectivity index (χ2v) is 6.23. The number of nitrogens with two attached hydrogens (primary N) is 1. The molecule has 1 aromatic carbocycles. The molecule has 0 aliphatic carbocycles. The van der Waals surface area contributed by atoms with Crippen LogP contribution in [0.25, 0.3) is 0 Å². The van der Waals surface area contributed by atoms with E-state index in [1.807, 2.05) is 0 Å². The van der Waals surface area contributed by atoms with Crippen LogP contribution in [0.4, 0.5) is 0 Å². The lowest BCUT2D eigenvalue weighted by Crippen LogP contribution is -2.29. The van der Waals surface area contributed by atoms with Crippen LogP contribution in [-0.2, 0) is 27.8 Å². The van der Waals surface area contributed by atoms with Gasteiger partial charge in [-0.25, -0.2) is 23.2 Å².